The van der Waals surface area contributed by atoms with E-state index in [9.17, 15) is 18.4 Å². The number of hydrogen-bond acceptors (Lipinski definition) is 3. The number of ether oxygens (including phenoxy) is 1. The number of imide groups is 1. The first-order chi connectivity index (χ1) is 10.9. The van der Waals surface area contributed by atoms with Crippen LogP contribution in [-0.2, 0) is 15.1 Å². The zero-order valence-electron chi connectivity index (χ0n) is 12.8. The number of nitrogens with zero attached hydrogens (tertiary/aromatic N) is 1. The van der Waals surface area contributed by atoms with Crippen molar-refractivity contribution in [3.8, 4) is 0 Å². The molecule has 1 aromatic rings. The maximum atomic E-state index is 14.0. The van der Waals surface area contributed by atoms with E-state index in [1.165, 1.54) is 13.0 Å². The SMILES string of the molecule is C[C@]1(c2ccc(F)cc2F)NC(=O)N(CC[C@@H]2CCCO2)C1=O. The van der Waals surface area contributed by atoms with Gasteiger partial charge in [0.2, 0.25) is 0 Å². The van der Waals surface area contributed by atoms with Gasteiger partial charge >= 0.3 is 6.03 Å². The fourth-order valence-electron chi connectivity index (χ4n) is 3.12. The Morgan fingerprint density at radius 3 is 2.83 bits per heavy atom. The van der Waals surface area contributed by atoms with Crippen molar-refractivity contribution in [2.45, 2.75) is 37.8 Å². The van der Waals surface area contributed by atoms with Gasteiger partial charge in [-0.25, -0.2) is 13.6 Å². The van der Waals surface area contributed by atoms with Gasteiger partial charge in [0.25, 0.3) is 5.91 Å². The smallest absolute Gasteiger partial charge is 0.325 e. The molecule has 0 unspecified atom stereocenters. The van der Waals surface area contributed by atoms with Crippen molar-refractivity contribution in [3.63, 3.8) is 0 Å². The van der Waals surface area contributed by atoms with E-state index in [1.807, 2.05) is 0 Å². The standard InChI is InChI=1S/C16H18F2N2O3/c1-16(12-5-4-10(17)9-13(12)18)14(21)20(15(22)19-16)7-6-11-3-2-8-23-11/h4-5,9,11H,2-3,6-8H2,1H3,(H,19,22)/t11-,16+/m0/s1. The van der Waals surface area contributed by atoms with Crippen molar-refractivity contribution in [2.24, 2.45) is 0 Å². The van der Waals surface area contributed by atoms with Gasteiger partial charge in [-0.1, -0.05) is 6.07 Å². The summed E-state index contributed by atoms with van der Waals surface area (Å²) in [5.41, 5.74) is -1.57. The van der Waals surface area contributed by atoms with Crippen molar-refractivity contribution in [1.82, 2.24) is 10.2 Å². The van der Waals surface area contributed by atoms with Gasteiger partial charge in [0.1, 0.15) is 17.2 Å². The topological polar surface area (TPSA) is 58.6 Å². The van der Waals surface area contributed by atoms with Gasteiger partial charge in [0.15, 0.2) is 0 Å². The highest BCUT2D eigenvalue weighted by Crippen LogP contribution is 2.31. The minimum absolute atomic E-state index is 0.0446. The number of carbonyl (C=O) groups is 2. The Kier molecular flexibility index (Phi) is 4.06. The monoisotopic (exact) mass is 324 g/mol. The van der Waals surface area contributed by atoms with E-state index in [2.05, 4.69) is 5.32 Å². The molecule has 2 aliphatic rings. The molecule has 0 aromatic heterocycles. The highest BCUT2D eigenvalue weighted by atomic mass is 19.1. The van der Waals surface area contributed by atoms with Crippen molar-refractivity contribution >= 4 is 11.9 Å². The summed E-state index contributed by atoms with van der Waals surface area (Å²) in [6.07, 6.45) is 2.49. The first-order valence-electron chi connectivity index (χ1n) is 7.63. The third-order valence-corrected chi connectivity index (χ3v) is 4.44. The molecule has 0 radical (unpaired) electrons. The van der Waals surface area contributed by atoms with Crippen molar-refractivity contribution in [3.05, 3.63) is 35.4 Å². The van der Waals surface area contributed by atoms with Crippen LogP contribution in [0.3, 0.4) is 0 Å². The van der Waals surface area contributed by atoms with Crippen LogP contribution >= 0.6 is 0 Å². The molecule has 7 heteroatoms. The van der Waals surface area contributed by atoms with E-state index >= 15 is 0 Å². The molecule has 0 spiro atoms. The molecule has 0 saturated carbocycles. The normalized spacial score (nSPS) is 27.6. The molecule has 2 heterocycles. The molecule has 2 atom stereocenters. The van der Waals surface area contributed by atoms with E-state index in [4.69, 9.17) is 4.74 Å². The molecule has 5 nitrogen and oxygen atoms in total. The van der Waals surface area contributed by atoms with Crippen molar-refractivity contribution in [1.29, 1.82) is 0 Å². The molecule has 23 heavy (non-hydrogen) atoms. The Morgan fingerprint density at radius 1 is 1.39 bits per heavy atom. The summed E-state index contributed by atoms with van der Waals surface area (Å²) >= 11 is 0. The fraction of sp³-hybridized carbons (Fsp3) is 0.500. The van der Waals surface area contributed by atoms with E-state index < -0.39 is 29.1 Å². The van der Waals surface area contributed by atoms with Gasteiger partial charge in [-0.2, -0.15) is 0 Å². The van der Waals surface area contributed by atoms with Crippen LogP contribution in [-0.4, -0.2) is 36.1 Å². The van der Waals surface area contributed by atoms with E-state index in [0.717, 1.165) is 23.8 Å². The maximum Gasteiger partial charge on any atom is 0.325 e. The minimum atomic E-state index is -1.52. The molecule has 0 aliphatic carbocycles. The van der Waals surface area contributed by atoms with Crippen LogP contribution in [0.4, 0.5) is 13.6 Å². The van der Waals surface area contributed by atoms with Crippen LogP contribution in [0.2, 0.25) is 0 Å². The van der Waals surface area contributed by atoms with Crippen LogP contribution in [0.1, 0.15) is 31.7 Å². The molecule has 2 saturated heterocycles. The number of rotatable bonds is 4. The van der Waals surface area contributed by atoms with E-state index in [0.29, 0.717) is 19.1 Å². The molecule has 0 bridgehead atoms. The summed E-state index contributed by atoms with van der Waals surface area (Å²) in [5.74, 6) is -2.13. The van der Waals surface area contributed by atoms with Gasteiger partial charge in [0, 0.05) is 24.8 Å². The van der Waals surface area contributed by atoms with Crippen LogP contribution in [0, 0.1) is 11.6 Å². The second-order valence-electron chi connectivity index (χ2n) is 6.06. The van der Waals surface area contributed by atoms with Crippen LogP contribution in [0.15, 0.2) is 18.2 Å². The number of carbonyl (C=O) groups excluding carboxylic acids is 2. The van der Waals surface area contributed by atoms with Gasteiger partial charge in [0.05, 0.1) is 6.10 Å². The lowest BCUT2D eigenvalue weighted by Gasteiger charge is -2.23. The molecular formula is C16H18F2N2O3. The molecule has 3 rings (SSSR count). The number of halogens is 2. The number of amides is 3. The van der Waals surface area contributed by atoms with E-state index in [1.54, 1.807) is 0 Å². The van der Waals surface area contributed by atoms with Gasteiger partial charge in [-0.3, -0.25) is 9.69 Å². The molecule has 1 aromatic carbocycles. The third-order valence-electron chi connectivity index (χ3n) is 4.44. The predicted molar refractivity (Wildman–Crippen MR) is 77.5 cm³/mol. The van der Waals surface area contributed by atoms with Crippen LogP contribution in [0.25, 0.3) is 0 Å². The summed E-state index contributed by atoms with van der Waals surface area (Å²) < 4.78 is 32.6. The first-order valence-corrected chi connectivity index (χ1v) is 7.63. The zero-order valence-corrected chi connectivity index (χ0v) is 12.8. The van der Waals surface area contributed by atoms with Gasteiger partial charge in [-0.05, 0) is 32.3 Å². The lowest BCUT2D eigenvalue weighted by Crippen LogP contribution is -2.42. The Hall–Kier alpha value is -2.02. The maximum absolute atomic E-state index is 14.0. The van der Waals surface area contributed by atoms with Crippen molar-refractivity contribution < 1.29 is 23.1 Å². The Morgan fingerprint density at radius 2 is 2.17 bits per heavy atom. The number of hydrogen-bond donors (Lipinski definition) is 1. The third kappa shape index (κ3) is 2.81. The number of nitrogens with one attached hydrogen (secondary N) is 1. The lowest BCUT2D eigenvalue weighted by atomic mass is 9.91. The van der Waals surface area contributed by atoms with Gasteiger partial charge in [-0.15, -0.1) is 0 Å². The summed E-state index contributed by atoms with van der Waals surface area (Å²) in [6.45, 7) is 2.34. The van der Waals surface area contributed by atoms with E-state index in [-0.39, 0.29) is 18.2 Å². The molecule has 124 valence electrons. The Labute approximate surface area is 132 Å². The average molecular weight is 324 g/mol. The van der Waals surface area contributed by atoms with Crippen molar-refractivity contribution in [2.75, 3.05) is 13.2 Å². The summed E-state index contributed by atoms with van der Waals surface area (Å²) in [5, 5.41) is 2.52. The first kappa shape index (κ1) is 15.9. The van der Waals surface area contributed by atoms with Crippen LogP contribution in [0.5, 0.6) is 0 Å². The molecule has 2 fully saturated rings. The quantitative estimate of drug-likeness (QED) is 0.865. The largest absolute Gasteiger partial charge is 0.378 e. The summed E-state index contributed by atoms with van der Waals surface area (Å²) in [4.78, 5) is 25.8. The predicted octanol–water partition coefficient (Wildman–Crippen LogP) is 2.30. The number of urea groups is 1. The summed E-state index contributed by atoms with van der Waals surface area (Å²) in [7, 11) is 0. The second kappa shape index (κ2) is 5.88. The highest BCUT2D eigenvalue weighted by Gasteiger charge is 2.50. The molecule has 2 aliphatic heterocycles. The van der Waals surface area contributed by atoms with Gasteiger partial charge < -0.3 is 10.1 Å². The molecular weight excluding hydrogens is 306 g/mol. The minimum Gasteiger partial charge on any atom is -0.378 e. The number of benzene rings is 1. The highest BCUT2D eigenvalue weighted by molar-refractivity contribution is 6.07. The van der Waals surface area contributed by atoms with Crippen LogP contribution < -0.4 is 5.32 Å². The molecule has 3 amide bonds. The Bertz CT molecular complexity index is 646. The fourth-order valence-corrected chi connectivity index (χ4v) is 3.12. The summed E-state index contributed by atoms with van der Waals surface area (Å²) in [6, 6.07) is 2.39. The Balaban J connectivity index is 1.78. The average Bonchev–Trinajstić information content (AvgIpc) is 3.06. The lowest BCUT2D eigenvalue weighted by molar-refractivity contribution is -0.131. The second-order valence-corrected chi connectivity index (χ2v) is 6.06. The molecule has 1 N–H and O–H groups in total. The zero-order chi connectivity index (χ0) is 16.6.